The van der Waals surface area contributed by atoms with E-state index in [0.717, 1.165) is 10.4 Å². The second-order valence-corrected chi connectivity index (χ2v) is 7.40. The maximum absolute atomic E-state index is 12.4. The molecule has 0 unspecified atom stereocenters. The number of carbonyl (C=O) groups is 2. The Morgan fingerprint density at radius 3 is 2.54 bits per heavy atom. The molecule has 2 heterocycles. The van der Waals surface area contributed by atoms with Gasteiger partial charge < -0.3 is 10.1 Å². The zero-order valence-electron chi connectivity index (χ0n) is 13.7. The van der Waals surface area contributed by atoms with Crippen molar-refractivity contribution in [1.82, 2.24) is 0 Å². The summed E-state index contributed by atoms with van der Waals surface area (Å²) in [5.74, 6) is -0.459. The summed E-state index contributed by atoms with van der Waals surface area (Å²) in [4.78, 5) is 25.7. The number of nitrogens with one attached hydrogen (secondary N) is 2. The van der Waals surface area contributed by atoms with E-state index in [4.69, 9.17) is 16.3 Å². The van der Waals surface area contributed by atoms with E-state index in [-0.39, 0.29) is 6.61 Å². The topological polar surface area (TPSA) is 67.4 Å². The van der Waals surface area contributed by atoms with Gasteiger partial charge in [-0.2, -0.15) is 0 Å². The van der Waals surface area contributed by atoms with Crippen LogP contribution >= 0.6 is 34.3 Å². The molecule has 0 bridgehead atoms. The van der Waals surface area contributed by atoms with Gasteiger partial charge in [-0.1, -0.05) is 17.7 Å². The fourth-order valence-corrected chi connectivity index (χ4v) is 4.16. The molecule has 134 valence electrons. The number of anilines is 2. The fraction of sp³-hybridized carbons (Fsp3) is 0.111. The van der Waals surface area contributed by atoms with Crippen LogP contribution in [0.15, 0.2) is 47.2 Å². The number of ether oxygens (including phenoxy) is 1. The molecule has 0 spiro atoms. The highest BCUT2D eigenvalue weighted by atomic mass is 35.5. The second kappa shape index (κ2) is 8.35. The van der Waals surface area contributed by atoms with Crippen LogP contribution in [0.3, 0.4) is 0 Å². The van der Waals surface area contributed by atoms with E-state index in [1.54, 1.807) is 31.2 Å². The molecular weight excluding hydrogens is 392 g/mol. The molecule has 2 amide bonds. The molecule has 1 aromatic carbocycles. The number of carbonyl (C=O) groups excluding carboxylic acids is 2. The third-order valence-corrected chi connectivity index (χ3v) is 5.44. The predicted molar refractivity (Wildman–Crippen MR) is 108 cm³/mol. The van der Waals surface area contributed by atoms with Crippen molar-refractivity contribution < 1.29 is 14.3 Å². The third kappa shape index (κ3) is 4.24. The summed E-state index contributed by atoms with van der Waals surface area (Å²) in [5, 5.41) is 10.2. The van der Waals surface area contributed by atoms with Crippen LogP contribution < -0.4 is 10.6 Å². The van der Waals surface area contributed by atoms with E-state index in [0.29, 0.717) is 21.3 Å². The van der Waals surface area contributed by atoms with Crippen molar-refractivity contribution in [2.45, 2.75) is 6.92 Å². The van der Waals surface area contributed by atoms with Crippen LogP contribution in [0.5, 0.6) is 0 Å². The molecule has 3 rings (SSSR count). The van der Waals surface area contributed by atoms with E-state index < -0.39 is 12.0 Å². The monoisotopic (exact) mass is 406 g/mol. The molecular formula is C18H15ClN2O3S2. The zero-order valence-corrected chi connectivity index (χ0v) is 16.1. The molecule has 0 saturated heterocycles. The van der Waals surface area contributed by atoms with Crippen molar-refractivity contribution >= 4 is 57.0 Å². The van der Waals surface area contributed by atoms with Gasteiger partial charge in [-0.15, -0.1) is 22.7 Å². The second-order valence-electron chi connectivity index (χ2n) is 5.14. The Balaban J connectivity index is 1.83. The van der Waals surface area contributed by atoms with Crippen molar-refractivity contribution in [2.75, 3.05) is 17.2 Å². The maximum Gasteiger partial charge on any atom is 0.341 e. The molecule has 0 radical (unpaired) electrons. The van der Waals surface area contributed by atoms with Gasteiger partial charge >= 0.3 is 12.0 Å². The number of halogens is 1. The molecule has 0 fully saturated rings. The van der Waals surface area contributed by atoms with Crippen LogP contribution in [0.4, 0.5) is 15.5 Å². The van der Waals surface area contributed by atoms with Gasteiger partial charge in [0.2, 0.25) is 0 Å². The first-order valence-electron chi connectivity index (χ1n) is 7.74. The van der Waals surface area contributed by atoms with Gasteiger partial charge in [0.25, 0.3) is 0 Å². The van der Waals surface area contributed by atoms with Crippen molar-refractivity contribution in [3.05, 3.63) is 57.7 Å². The molecule has 0 aliphatic carbocycles. The minimum absolute atomic E-state index is 0.259. The fourth-order valence-electron chi connectivity index (χ4n) is 2.27. The molecule has 8 heteroatoms. The van der Waals surface area contributed by atoms with Crippen molar-refractivity contribution in [1.29, 1.82) is 0 Å². The lowest BCUT2D eigenvalue weighted by Gasteiger charge is -2.09. The number of hydrogen-bond donors (Lipinski definition) is 2. The Kier molecular flexibility index (Phi) is 5.92. The average molecular weight is 407 g/mol. The van der Waals surface area contributed by atoms with E-state index in [1.807, 2.05) is 22.9 Å². The highest BCUT2D eigenvalue weighted by molar-refractivity contribution is 7.17. The molecule has 26 heavy (non-hydrogen) atoms. The smallest absolute Gasteiger partial charge is 0.341 e. The van der Waals surface area contributed by atoms with Gasteiger partial charge in [-0.05, 0) is 42.6 Å². The quantitative estimate of drug-likeness (QED) is 0.514. The zero-order chi connectivity index (χ0) is 18.5. The first kappa shape index (κ1) is 18.4. The van der Waals surface area contributed by atoms with Crippen LogP contribution in [0.1, 0.15) is 17.3 Å². The Hall–Kier alpha value is -2.35. The number of amides is 2. The largest absolute Gasteiger partial charge is 0.462 e. The van der Waals surface area contributed by atoms with Crippen LogP contribution in [-0.2, 0) is 4.74 Å². The van der Waals surface area contributed by atoms with Gasteiger partial charge in [-0.3, -0.25) is 5.32 Å². The molecule has 2 N–H and O–H groups in total. The number of rotatable bonds is 5. The summed E-state index contributed by atoms with van der Waals surface area (Å²) in [6.07, 6.45) is 0. The standard InChI is InChI=1S/C18H15ClN2O3S2/c1-2-24-17(22)15-13(14-4-3-9-25-14)10-26-16(15)21-18(23)20-12-7-5-11(19)6-8-12/h3-10H,2H2,1H3,(H2,20,21,23). The summed E-state index contributed by atoms with van der Waals surface area (Å²) >= 11 is 8.64. The maximum atomic E-state index is 12.4. The summed E-state index contributed by atoms with van der Waals surface area (Å²) in [5.41, 5.74) is 1.72. The normalized spacial score (nSPS) is 10.4. The third-order valence-electron chi connectivity index (χ3n) is 3.39. The van der Waals surface area contributed by atoms with Crippen molar-refractivity contribution in [2.24, 2.45) is 0 Å². The highest BCUT2D eigenvalue weighted by Gasteiger charge is 2.23. The van der Waals surface area contributed by atoms with Crippen LogP contribution in [0.25, 0.3) is 10.4 Å². The minimum atomic E-state index is -0.459. The van der Waals surface area contributed by atoms with Gasteiger partial charge in [0.05, 0.1) is 6.61 Å². The summed E-state index contributed by atoms with van der Waals surface area (Å²) < 4.78 is 5.16. The van der Waals surface area contributed by atoms with Gasteiger partial charge in [0.15, 0.2) is 0 Å². The lowest BCUT2D eigenvalue weighted by molar-refractivity contribution is 0.0529. The first-order chi connectivity index (χ1) is 12.6. The van der Waals surface area contributed by atoms with Gasteiger partial charge in [-0.25, -0.2) is 9.59 Å². The van der Waals surface area contributed by atoms with Crippen molar-refractivity contribution in [3.63, 3.8) is 0 Å². The Morgan fingerprint density at radius 2 is 1.88 bits per heavy atom. The number of benzene rings is 1. The van der Waals surface area contributed by atoms with Gasteiger partial charge in [0.1, 0.15) is 10.6 Å². The number of esters is 1. The molecule has 0 aliphatic rings. The Labute approximate surface area is 163 Å². The lowest BCUT2D eigenvalue weighted by atomic mass is 10.1. The Morgan fingerprint density at radius 1 is 1.12 bits per heavy atom. The molecule has 0 saturated carbocycles. The molecule has 0 aliphatic heterocycles. The summed E-state index contributed by atoms with van der Waals surface area (Å²) in [6, 6.07) is 10.1. The van der Waals surface area contributed by atoms with E-state index >= 15 is 0 Å². The summed E-state index contributed by atoms with van der Waals surface area (Å²) in [7, 11) is 0. The summed E-state index contributed by atoms with van der Waals surface area (Å²) in [6.45, 7) is 2.00. The van der Waals surface area contributed by atoms with Crippen LogP contribution in [-0.4, -0.2) is 18.6 Å². The highest BCUT2D eigenvalue weighted by Crippen LogP contribution is 2.38. The SMILES string of the molecule is CCOC(=O)c1c(-c2cccs2)csc1NC(=O)Nc1ccc(Cl)cc1. The average Bonchev–Trinajstić information content (AvgIpc) is 3.26. The van der Waals surface area contributed by atoms with Crippen molar-refractivity contribution in [3.8, 4) is 10.4 Å². The molecule has 0 atom stereocenters. The van der Waals surface area contributed by atoms with E-state index in [1.165, 1.54) is 22.7 Å². The molecule has 5 nitrogen and oxygen atoms in total. The van der Waals surface area contributed by atoms with E-state index in [9.17, 15) is 9.59 Å². The lowest BCUT2D eigenvalue weighted by Crippen LogP contribution is -2.20. The van der Waals surface area contributed by atoms with Gasteiger partial charge in [0, 0.05) is 26.5 Å². The van der Waals surface area contributed by atoms with Crippen LogP contribution in [0, 0.1) is 0 Å². The first-order valence-corrected chi connectivity index (χ1v) is 9.88. The number of urea groups is 1. The van der Waals surface area contributed by atoms with E-state index in [2.05, 4.69) is 10.6 Å². The minimum Gasteiger partial charge on any atom is -0.462 e. The Bertz CT molecular complexity index is 905. The molecule has 2 aromatic heterocycles. The predicted octanol–water partition coefficient (Wildman–Crippen LogP) is 5.95. The molecule has 3 aromatic rings. The number of thiophene rings is 2. The van der Waals surface area contributed by atoms with Crippen LogP contribution in [0.2, 0.25) is 5.02 Å². The number of hydrogen-bond acceptors (Lipinski definition) is 5.